The molecular formula is C16H22BrN. The summed E-state index contributed by atoms with van der Waals surface area (Å²) >= 11 is 3.55. The molecule has 0 aliphatic heterocycles. The van der Waals surface area contributed by atoms with Gasteiger partial charge in [0.25, 0.3) is 0 Å². The molecule has 0 amide bonds. The van der Waals surface area contributed by atoms with Crippen LogP contribution in [0.1, 0.15) is 36.8 Å². The quantitative estimate of drug-likeness (QED) is 0.875. The van der Waals surface area contributed by atoms with Crippen molar-refractivity contribution in [3.05, 3.63) is 33.8 Å². The molecule has 1 N–H and O–H groups in total. The molecule has 1 nitrogen and oxygen atoms in total. The standard InChI is InChI=1S/C16H22BrN/c1-11-6-13(3-5-16(11)17)9-18-10-15-8-12-2-4-14(15)7-12/h3,5-6,12,14-15,18H,2,4,7-10H2,1H3. The van der Waals surface area contributed by atoms with Crippen molar-refractivity contribution >= 4 is 15.9 Å². The first-order valence-corrected chi connectivity index (χ1v) is 7.97. The van der Waals surface area contributed by atoms with E-state index in [2.05, 4.69) is 46.4 Å². The van der Waals surface area contributed by atoms with Crippen molar-refractivity contribution in [1.29, 1.82) is 0 Å². The van der Waals surface area contributed by atoms with Gasteiger partial charge in [-0.2, -0.15) is 0 Å². The van der Waals surface area contributed by atoms with E-state index in [-0.39, 0.29) is 0 Å². The molecule has 3 unspecified atom stereocenters. The van der Waals surface area contributed by atoms with Gasteiger partial charge in [0, 0.05) is 11.0 Å². The number of aryl methyl sites for hydroxylation is 1. The normalized spacial score (nSPS) is 30.0. The molecule has 1 aromatic rings. The fourth-order valence-corrected chi connectivity index (χ4v) is 4.09. The van der Waals surface area contributed by atoms with Crippen LogP contribution in [0.4, 0.5) is 0 Å². The largest absolute Gasteiger partial charge is 0.312 e. The molecule has 18 heavy (non-hydrogen) atoms. The lowest BCUT2D eigenvalue weighted by atomic mass is 9.89. The van der Waals surface area contributed by atoms with Crippen LogP contribution < -0.4 is 5.32 Å². The lowest BCUT2D eigenvalue weighted by Gasteiger charge is -2.22. The van der Waals surface area contributed by atoms with Crippen LogP contribution in [0.5, 0.6) is 0 Å². The minimum Gasteiger partial charge on any atom is -0.312 e. The van der Waals surface area contributed by atoms with Crippen LogP contribution in [0.3, 0.4) is 0 Å². The summed E-state index contributed by atoms with van der Waals surface area (Å²) in [7, 11) is 0. The minimum atomic E-state index is 0.959. The number of fused-ring (bicyclic) bond motifs is 2. The van der Waals surface area contributed by atoms with Gasteiger partial charge in [0.2, 0.25) is 0 Å². The molecule has 3 atom stereocenters. The SMILES string of the molecule is Cc1cc(CNCC2CC3CCC2C3)ccc1Br. The fourth-order valence-electron chi connectivity index (χ4n) is 3.85. The van der Waals surface area contributed by atoms with Gasteiger partial charge in [-0.05, 0) is 67.7 Å². The van der Waals surface area contributed by atoms with Gasteiger partial charge in [0.15, 0.2) is 0 Å². The smallest absolute Gasteiger partial charge is 0.0205 e. The van der Waals surface area contributed by atoms with Crippen LogP contribution in [0.2, 0.25) is 0 Å². The van der Waals surface area contributed by atoms with E-state index >= 15 is 0 Å². The van der Waals surface area contributed by atoms with Gasteiger partial charge in [-0.15, -0.1) is 0 Å². The molecule has 2 aliphatic carbocycles. The van der Waals surface area contributed by atoms with Crippen LogP contribution >= 0.6 is 15.9 Å². The molecule has 0 heterocycles. The Morgan fingerprint density at radius 1 is 1.28 bits per heavy atom. The molecule has 98 valence electrons. The maximum atomic E-state index is 3.66. The molecule has 2 saturated carbocycles. The van der Waals surface area contributed by atoms with Crippen LogP contribution in [0.15, 0.2) is 22.7 Å². The Morgan fingerprint density at radius 3 is 2.83 bits per heavy atom. The van der Waals surface area contributed by atoms with Gasteiger partial charge >= 0.3 is 0 Å². The number of nitrogens with one attached hydrogen (secondary N) is 1. The maximum absolute atomic E-state index is 3.66. The second-order valence-corrected chi connectivity index (χ2v) is 7.00. The summed E-state index contributed by atoms with van der Waals surface area (Å²) in [5, 5.41) is 3.66. The number of hydrogen-bond acceptors (Lipinski definition) is 1. The molecule has 0 radical (unpaired) electrons. The van der Waals surface area contributed by atoms with Crippen molar-refractivity contribution in [3.8, 4) is 0 Å². The van der Waals surface area contributed by atoms with E-state index in [0.717, 1.165) is 24.3 Å². The third kappa shape index (κ3) is 2.65. The molecule has 2 bridgehead atoms. The lowest BCUT2D eigenvalue weighted by molar-refractivity contribution is 0.318. The topological polar surface area (TPSA) is 12.0 Å². The first-order valence-electron chi connectivity index (χ1n) is 7.18. The summed E-state index contributed by atoms with van der Waals surface area (Å²) in [6, 6.07) is 6.65. The van der Waals surface area contributed by atoms with Gasteiger partial charge in [-0.1, -0.05) is 34.5 Å². The van der Waals surface area contributed by atoms with Crippen molar-refractivity contribution in [1.82, 2.24) is 5.32 Å². The van der Waals surface area contributed by atoms with Gasteiger partial charge < -0.3 is 5.32 Å². The maximum Gasteiger partial charge on any atom is 0.0205 e. The Hall–Kier alpha value is -0.340. The van der Waals surface area contributed by atoms with Crippen molar-refractivity contribution in [2.45, 2.75) is 39.2 Å². The third-order valence-corrected chi connectivity index (χ3v) is 5.73. The van der Waals surface area contributed by atoms with Gasteiger partial charge in [0.1, 0.15) is 0 Å². The van der Waals surface area contributed by atoms with Gasteiger partial charge in [-0.3, -0.25) is 0 Å². The Balaban J connectivity index is 1.48. The Kier molecular flexibility index (Phi) is 3.76. The van der Waals surface area contributed by atoms with Crippen LogP contribution in [0, 0.1) is 24.7 Å². The van der Waals surface area contributed by atoms with Crippen LogP contribution in [0.25, 0.3) is 0 Å². The van der Waals surface area contributed by atoms with E-state index in [9.17, 15) is 0 Å². The highest BCUT2D eigenvalue weighted by Crippen LogP contribution is 2.47. The lowest BCUT2D eigenvalue weighted by Crippen LogP contribution is -2.26. The van der Waals surface area contributed by atoms with Crippen molar-refractivity contribution < 1.29 is 0 Å². The summed E-state index contributed by atoms with van der Waals surface area (Å²) in [6.45, 7) is 4.39. The average molecular weight is 308 g/mol. The van der Waals surface area contributed by atoms with Crippen LogP contribution in [-0.2, 0) is 6.54 Å². The predicted octanol–water partition coefficient (Wildman–Crippen LogP) is 4.28. The van der Waals surface area contributed by atoms with E-state index in [1.54, 1.807) is 0 Å². The summed E-state index contributed by atoms with van der Waals surface area (Å²) in [4.78, 5) is 0. The summed E-state index contributed by atoms with van der Waals surface area (Å²) in [5.41, 5.74) is 2.73. The Bertz CT molecular complexity index is 429. The molecule has 2 fully saturated rings. The third-order valence-electron chi connectivity index (χ3n) is 4.84. The average Bonchev–Trinajstić information content (AvgIpc) is 2.96. The molecule has 0 saturated heterocycles. The van der Waals surface area contributed by atoms with Crippen LogP contribution in [-0.4, -0.2) is 6.54 Å². The molecule has 1 aromatic carbocycles. The molecule has 2 aliphatic rings. The summed E-state index contributed by atoms with van der Waals surface area (Å²) in [5.74, 6) is 3.06. The van der Waals surface area contributed by atoms with Crippen molar-refractivity contribution in [2.24, 2.45) is 17.8 Å². The number of benzene rings is 1. The van der Waals surface area contributed by atoms with Gasteiger partial charge in [-0.25, -0.2) is 0 Å². The van der Waals surface area contributed by atoms with E-state index in [4.69, 9.17) is 0 Å². The van der Waals surface area contributed by atoms with E-state index in [1.165, 1.54) is 47.8 Å². The van der Waals surface area contributed by atoms with E-state index < -0.39 is 0 Å². The Morgan fingerprint density at radius 2 is 2.17 bits per heavy atom. The highest BCUT2D eigenvalue weighted by Gasteiger charge is 2.38. The highest BCUT2D eigenvalue weighted by atomic mass is 79.9. The predicted molar refractivity (Wildman–Crippen MR) is 79.5 cm³/mol. The highest BCUT2D eigenvalue weighted by molar-refractivity contribution is 9.10. The zero-order chi connectivity index (χ0) is 12.5. The molecule has 2 heteroatoms. The van der Waals surface area contributed by atoms with Crippen molar-refractivity contribution in [2.75, 3.05) is 6.54 Å². The Labute approximate surface area is 118 Å². The second-order valence-electron chi connectivity index (χ2n) is 6.15. The second kappa shape index (κ2) is 5.34. The van der Waals surface area contributed by atoms with E-state index in [0.29, 0.717) is 0 Å². The molecular weight excluding hydrogens is 286 g/mol. The minimum absolute atomic E-state index is 0.959. The summed E-state index contributed by atoms with van der Waals surface area (Å²) < 4.78 is 1.21. The number of hydrogen-bond donors (Lipinski definition) is 1. The van der Waals surface area contributed by atoms with Gasteiger partial charge in [0.05, 0.1) is 0 Å². The molecule has 0 aromatic heterocycles. The summed E-state index contributed by atoms with van der Waals surface area (Å²) in [6.07, 6.45) is 6.00. The first kappa shape index (κ1) is 12.7. The first-order chi connectivity index (χ1) is 8.72. The zero-order valence-corrected chi connectivity index (χ0v) is 12.7. The number of halogens is 1. The molecule has 0 spiro atoms. The zero-order valence-electron chi connectivity index (χ0n) is 11.1. The number of rotatable bonds is 4. The van der Waals surface area contributed by atoms with E-state index in [1.807, 2.05) is 0 Å². The fraction of sp³-hybridized carbons (Fsp3) is 0.625. The molecule has 3 rings (SSSR count). The monoisotopic (exact) mass is 307 g/mol. The van der Waals surface area contributed by atoms with Crippen molar-refractivity contribution in [3.63, 3.8) is 0 Å².